The van der Waals surface area contributed by atoms with Crippen molar-refractivity contribution in [1.29, 1.82) is 0 Å². The third-order valence-electron chi connectivity index (χ3n) is 5.15. The number of hydrogen-bond donors (Lipinski definition) is 2. The lowest BCUT2D eigenvalue weighted by molar-refractivity contribution is 0.0952. The number of amides is 1. The van der Waals surface area contributed by atoms with Crippen LogP contribution in [0.15, 0.2) is 82.4 Å². The topological polar surface area (TPSA) is 80.2 Å². The SMILES string of the molecule is CCOc1cc(C=NNC(=O)c2cc3ccccc3cc2O)c(Br)cc1OCc1ccc(Cl)cc1. The molecule has 0 heterocycles. The molecule has 2 N–H and O–H groups in total. The highest BCUT2D eigenvalue weighted by atomic mass is 79.9. The second-order valence-electron chi connectivity index (χ2n) is 7.58. The maximum Gasteiger partial charge on any atom is 0.275 e. The fourth-order valence-corrected chi connectivity index (χ4v) is 3.95. The molecule has 0 unspecified atom stereocenters. The Morgan fingerprint density at radius 3 is 2.43 bits per heavy atom. The summed E-state index contributed by atoms with van der Waals surface area (Å²) in [6.45, 7) is 2.69. The van der Waals surface area contributed by atoms with Crippen molar-refractivity contribution in [3.63, 3.8) is 0 Å². The molecule has 0 aromatic heterocycles. The predicted octanol–water partition coefficient (Wildman–Crippen LogP) is 6.70. The van der Waals surface area contributed by atoms with Crippen molar-refractivity contribution >= 4 is 50.4 Å². The molecule has 0 aliphatic rings. The average Bonchev–Trinajstić information content (AvgIpc) is 2.85. The van der Waals surface area contributed by atoms with E-state index in [4.69, 9.17) is 21.1 Å². The van der Waals surface area contributed by atoms with Gasteiger partial charge in [-0.05, 0) is 75.6 Å². The van der Waals surface area contributed by atoms with Crippen molar-refractivity contribution in [2.45, 2.75) is 13.5 Å². The first-order chi connectivity index (χ1) is 16.9. The third-order valence-corrected chi connectivity index (χ3v) is 6.09. The quantitative estimate of drug-likeness (QED) is 0.188. The minimum atomic E-state index is -0.520. The van der Waals surface area contributed by atoms with Crippen LogP contribution < -0.4 is 14.9 Å². The van der Waals surface area contributed by atoms with Gasteiger partial charge in [0.1, 0.15) is 12.4 Å². The molecule has 8 heteroatoms. The summed E-state index contributed by atoms with van der Waals surface area (Å²) >= 11 is 9.46. The summed E-state index contributed by atoms with van der Waals surface area (Å²) in [5.41, 5.74) is 4.25. The summed E-state index contributed by atoms with van der Waals surface area (Å²) in [7, 11) is 0. The lowest BCUT2D eigenvalue weighted by Gasteiger charge is -2.14. The minimum absolute atomic E-state index is 0.113. The number of carbonyl (C=O) groups excluding carboxylic acids is 1. The van der Waals surface area contributed by atoms with Crippen LogP contribution >= 0.6 is 27.5 Å². The first-order valence-electron chi connectivity index (χ1n) is 10.8. The molecule has 0 saturated heterocycles. The van der Waals surface area contributed by atoms with Gasteiger partial charge in [0.25, 0.3) is 5.91 Å². The number of aromatic hydroxyl groups is 1. The molecule has 0 radical (unpaired) electrons. The number of benzene rings is 4. The molecule has 0 saturated carbocycles. The van der Waals surface area contributed by atoms with Gasteiger partial charge in [-0.25, -0.2) is 5.43 Å². The summed E-state index contributed by atoms with van der Waals surface area (Å²) in [6, 6.07) is 21.6. The molecular formula is C27H22BrClN2O4. The van der Waals surface area contributed by atoms with E-state index in [1.54, 1.807) is 24.3 Å². The van der Waals surface area contributed by atoms with E-state index >= 15 is 0 Å². The number of rotatable bonds is 8. The Labute approximate surface area is 216 Å². The Balaban J connectivity index is 1.48. The van der Waals surface area contributed by atoms with Gasteiger partial charge in [0.15, 0.2) is 11.5 Å². The van der Waals surface area contributed by atoms with Crippen LogP contribution in [0.25, 0.3) is 10.8 Å². The lowest BCUT2D eigenvalue weighted by atomic mass is 10.1. The number of hydrazone groups is 1. The van der Waals surface area contributed by atoms with Gasteiger partial charge in [-0.15, -0.1) is 0 Å². The zero-order chi connectivity index (χ0) is 24.8. The zero-order valence-electron chi connectivity index (χ0n) is 18.8. The average molecular weight is 554 g/mol. The van der Waals surface area contributed by atoms with Gasteiger partial charge < -0.3 is 14.6 Å². The second-order valence-corrected chi connectivity index (χ2v) is 8.88. The Bertz CT molecular complexity index is 1390. The lowest BCUT2D eigenvalue weighted by Crippen LogP contribution is -2.17. The van der Waals surface area contributed by atoms with Crippen LogP contribution in [0.2, 0.25) is 5.02 Å². The Hall–Kier alpha value is -3.55. The van der Waals surface area contributed by atoms with Gasteiger partial charge in [0.05, 0.1) is 18.4 Å². The van der Waals surface area contributed by atoms with Crippen LogP contribution in [-0.2, 0) is 6.61 Å². The fourth-order valence-electron chi connectivity index (χ4n) is 3.40. The normalized spacial score (nSPS) is 11.1. The first-order valence-corrected chi connectivity index (χ1v) is 12.0. The van der Waals surface area contributed by atoms with E-state index in [-0.39, 0.29) is 11.3 Å². The Morgan fingerprint density at radius 1 is 1.03 bits per heavy atom. The van der Waals surface area contributed by atoms with Crippen LogP contribution in [0, 0.1) is 0 Å². The maximum atomic E-state index is 12.6. The summed E-state index contributed by atoms with van der Waals surface area (Å²) in [5.74, 6) is 0.479. The van der Waals surface area contributed by atoms with Crippen LogP contribution in [-0.4, -0.2) is 23.8 Å². The number of hydrogen-bond acceptors (Lipinski definition) is 5. The smallest absolute Gasteiger partial charge is 0.275 e. The number of carbonyl (C=O) groups is 1. The van der Waals surface area contributed by atoms with Crippen LogP contribution in [0.4, 0.5) is 0 Å². The molecule has 4 aromatic carbocycles. The van der Waals surface area contributed by atoms with Crippen molar-refractivity contribution in [1.82, 2.24) is 5.43 Å². The molecule has 35 heavy (non-hydrogen) atoms. The van der Waals surface area contributed by atoms with Crippen molar-refractivity contribution < 1.29 is 19.4 Å². The highest BCUT2D eigenvalue weighted by Gasteiger charge is 2.13. The van der Waals surface area contributed by atoms with Gasteiger partial charge >= 0.3 is 0 Å². The Morgan fingerprint density at radius 2 is 1.71 bits per heavy atom. The molecule has 0 bridgehead atoms. The van der Waals surface area contributed by atoms with Gasteiger partial charge in [-0.2, -0.15) is 5.10 Å². The molecule has 0 fully saturated rings. The molecule has 4 rings (SSSR count). The summed E-state index contributed by atoms with van der Waals surface area (Å²) in [5, 5.41) is 16.7. The molecule has 0 atom stereocenters. The number of fused-ring (bicyclic) bond motifs is 1. The van der Waals surface area contributed by atoms with Crippen molar-refractivity contribution in [3.05, 3.63) is 99.0 Å². The molecule has 6 nitrogen and oxygen atoms in total. The highest BCUT2D eigenvalue weighted by molar-refractivity contribution is 9.10. The number of ether oxygens (including phenoxy) is 2. The summed E-state index contributed by atoms with van der Waals surface area (Å²) in [6.07, 6.45) is 1.49. The van der Waals surface area contributed by atoms with Gasteiger partial charge in [0, 0.05) is 15.1 Å². The fraction of sp³-hybridized carbons (Fsp3) is 0.111. The maximum absolute atomic E-state index is 12.6. The van der Waals surface area contributed by atoms with Crippen LogP contribution in [0.1, 0.15) is 28.4 Å². The highest BCUT2D eigenvalue weighted by Crippen LogP contribution is 2.34. The van der Waals surface area contributed by atoms with Gasteiger partial charge in [0.2, 0.25) is 0 Å². The first kappa shape index (κ1) is 24.6. The monoisotopic (exact) mass is 552 g/mol. The standard InChI is InChI=1S/C27H22BrClN2O4/c1-2-34-25-13-20(23(28)14-26(25)35-16-17-7-9-21(29)10-8-17)15-30-31-27(33)22-11-18-5-3-4-6-19(18)12-24(22)32/h3-15,32H,2,16H2,1H3,(H,31,33). The summed E-state index contributed by atoms with van der Waals surface area (Å²) < 4.78 is 12.4. The van der Waals surface area contributed by atoms with E-state index in [0.29, 0.717) is 39.8 Å². The number of phenolic OH excluding ortho intramolecular Hbond substituents is 1. The van der Waals surface area contributed by atoms with E-state index in [9.17, 15) is 9.90 Å². The number of phenols is 1. The van der Waals surface area contributed by atoms with Crippen molar-refractivity contribution in [2.24, 2.45) is 5.10 Å². The van der Waals surface area contributed by atoms with Crippen LogP contribution in [0.5, 0.6) is 17.2 Å². The van der Waals surface area contributed by atoms with E-state index < -0.39 is 5.91 Å². The molecule has 0 spiro atoms. The van der Waals surface area contributed by atoms with Crippen molar-refractivity contribution in [3.8, 4) is 17.2 Å². The Kier molecular flexibility index (Phi) is 7.90. The molecule has 1 amide bonds. The summed E-state index contributed by atoms with van der Waals surface area (Å²) in [4.78, 5) is 12.6. The number of nitrogens with zero attached hydrogens (tertiary/aromatic N) is 1. The second kappa shape index (κ2) is 11.3. The minimum Gasteiger partial charge on any atom is -0.507 e. The van der Waals surface area contributed by atoms with Crippen molar-refractivity contribution in [2.75, 3.05) is 6.61 Å². The van der Waals surface area contributed by atoms with E-state index in [1.165, 1.54) is 6.21 Å². The molecule has 0 aliphatic heterocycles. The largest absolute Gasteiger partial charge is 0.507 e. The number of nitrogens with one attached hydrogen (secondary N) is 1. The van der Waals surface area contributed by atoms with E-state index in [1.807, 2.05) is 55.5 Å². The third kappa shape index (κ3) is 6.12. The van der Waals surface area contributed by atoms with E-state index in [0.717, 1.165) is 16.3 Å². The molecular weight excluding hydrogens is 532 g/mol. The molecule has 178 valence electrons. The van der Waals surface area contributed by atoms with Crippen LogP contribution in [0.3, 0.4) is 0 Å². The van der Waals surface area contributed by atoms with E-state index in [2.05, 4.69) is 26.5 Å². The van der Waals surface area contributed by atoms with Gasteiger partial charge in [-0.3, -0.25) is 4.79 Å². The molecule has 0 aliphatic carbocycles. The van der Waals surface area contributed by atoms with Gasteiger partial charge in [-0.1, -0.05) is 48.0 Å². The zero-order valence-corrected chi connectivity index (χ0v) is 21.1. The number of halogens is 2. The molecule has 4 aromatic rings. The predicted molar refractivity (Wildman–Crippen MR) is 142 cm³/mol.